The predicted octanol–water partition coefficient (Wildman–Crippen LogP) is 5.72. The van der Waals surface area contributed by atoms with Crippen molar-refractivity contribution in [2.75, 3.05) is 19.0 Å². The molecule has 0 aliphatic carbocycles. The van der Waals surface area contributed by atoms with E-state index in [4.69, 9.17) is 14.6 Å². The Balaban J connectivity index is 1.45. The van der Waals surface area contributed by atoms with Crippen molar-refractivity contribution in [1.29, 1.82) is 0 Å². The van der Waals surface area contributed by atoms with Crippen LogP contribution in [0.25, 0.3) is 6.08 Å². The van der Waals surface area contributed by atoms with Crippen LogP contribution in [0.15, 0.2) is 70.0 Å². The minimum atomic E-state index is -1.01. The fraction of sp³-hybridized carbons (Fsp3) is 0.143. The molecule has 1 saturated heterocycles. The molecule has 9 nitrogen and oxygen atoms in total. The van der Waals surface area contributed by atoms with Gasteiger partial charge in [-0.25, -0.2) is 4.79 Å². The molecule has 0 spiro atoms. The number of halogens is 1. The molecule has 39 heavy (non-hydrogen) atoms. The van der Waals surface area contributed by atoms with Crippen LogP contribution in [-0.2, 0) is 16.2 Å². The first-order valence-corrected chi connectivity index (χ1v) is 13.2. The number of aryl methyl sites for hydroxylation is 1. The van der Waals surface area contributed by atoms with Crippen LogP contribution in [0.5, 0.6) is 11.5 Å². The lowest BCUT2D eigenvalue weighted by molar-refractivity contribution is -0.127. The minimum absolute atomic E-state index is 0.164. The maximum absolute atomic E-state index is 12.9. The lowest BCUT2D eigenvalue weighted by atomic mass is 10.1. The number of rotatable bonds is 9. The molecule has 11 heteroatoms. The van der Waals surface area contributed by atoms with Gasteiger partial charge in [0.1, 0.15) is 13.2 Å². The second kappa shape index (κ2) is 12.2. The van der Waals surface area contributed by atoms with Crippen LogP contribution in [0.4, 0.5) is 10.5 Å². The quantitative estimate of drug-likeness (QED) is 0.295. The van der Waals surface area contributed by atoms with E-state index in [-0.39, 0.29) is 17.1 Å². The second-order valence-corrected chi connectivity index (χ2v) is 10.4. The van der Waals surface area contributed by atoms with E-state index in [0.717, 1.165) is 27.8 Å². The highest BCUT2D eigenvalue weighted by molar-refractivity contribution is 9.10. The second-order valence-electron chi connectivity index (χ2n) is 8.51. The summed E-state index contributed by atoms with van der Waals surface area (Å²) in [6.45, 7) is 1.66. The summed E-state index contributed by atoms with van der Waals surface area (Å²) >= 11 is 4.22. The Hall–Kier alpha value is -4.09. The lowest BCUT2D eigenvalue weighted by Gasteiger charge is -2.14. The Kier molecular flexibility index (Phi) is 8.72. The van der Waals surface area contributed by atoms with E-state index in [0.29, 0.717) is 27.2 Å². The summed E-state index contributed by atoms with van der Waals surface area (Å²) in [6, 6.07) is 16.9. The van der Waals surface area contributed by atoms with Crippen LogP contribution < -0.4 is 14.8 Å². The predicted molar refractivity (Wildman–Crippen MR) is 151 cm³/mol. The Morgan fingerprint density at radius 3 is 2.51 bits per heavy atom. The monoisotopic (exact) mass is 610 g/mol. The number of anilines is 1. The molecule has 0 saturated carbocycles. The van der Waals surface area contributed by atoms with Crippen LogP contribution >= 0.6 is 27.7 Å². The summed E-state index contributed by atoms with van der Waals surface area (Å²) in [4.78, 5) is 50.0. The van der Waals surface area contributed by atoms with Gasteiger partial charge < -0.3 is 19.9 Å². The van der Waals surface area contributed by atoms with Gasteiger partial charge in [-0.05, 0) is 93.8 Å². The fourth-order valence-corrected chi connectivity index (χ4v) is 5.13. The number of carbonyl (C=O) groups excluding carboxylic acids is 3. The molecule has 0 radical (unpaired) electrons. The number of amides is 3. The Bertz CT molecular complexity index is 1490. The summed E-state index contributed by atoms with van der Waals surface area (Å²) in [5, 5.41) is 11.2. The van der Waals surface area contributed by atoms with E-state index in [1.54, 1.807) is 48.5 Å². The zero-order valence-corrected chi connectivity index (χ0v) is 23.3. The van der Waals surface area contributed by atoms with Crippen molar-refractivity contribution in [2.24, 2.45) is 0 Å². The third-order valence-electron chi connectivity index (χ3n) is 5.61. The van der Waals surface area contributed by atoms with Crippen molar-refractivity contribution in [3.63, 3.8) is 0 Å². The number of carboxylic acids is 1. The largest absolute Gasteiger partial charge is 0.493 e. The number of imide groups is 1. The van der Waals surface area contributed by atoms with E-state index < -0.39 is 29.6 Å². The molecule has 1 fully saturated rings. The molecule has 1 aliphatic heterocycles. The van der Waals surface area contributed by atoms with Crippen LogP contribution in [0.1, 0.15) is 27.0 Å². The molecule has 3 amide bonds. The molecule has 2 N–H and O–H groups in total. The maximum Gasteiger partial charge on any atom is 0.335 e. The average molecular weight is 611 g/mol. The summed E-state index contributed by atoms with van der Waals surface area (Å²) in [5.41, 5.74) is 3.07. The first-order valence-electron chi connectivity index (χ1n) is 11.6. The zero-order valence-electron chi connectivity index (χ0n) is 20.9. The highest BCUT2D eigenvalue weighted by atomic mass is 79.9. The summed E-state index contributed by atoms with van der Waals surface area (Å²) in [7, 11) is 1.47. The fourth-order valence-electron chi connectivity index (χ4n) is 3.72. The minimum Gasteiger partial charge on any atom is -0.493 e. The average Bonchev–Trinajstić information content (AvgIpc) is 3.15. The number of thioether (sulfide) groups is 1. The Morgan fingerprint density at radius 1 is 1.10 bits per heavy atom. The van der Waals surface area contributed by atoms with Gasteiger partial charge in [0.05, 0.1) is 22.1 Å². The molecule has 200 valence electrons. The molecule has 4 rings (SSSR count). The van der Waals surface area contributed by atoms with E-state index in [1.165, 1.54) is 19.2 Å². The SMILES string of the molecule is COc1cc(/C=C2\SC(=O)N(CC(=O)Nc3cccc(C)c3)C2=O)cc(Br)c1OCc1ccc(C(=O)O)cc1. The molecular formula is C28H23BrN2O7S. The highest BCUT2D eigenvalue weighted by Crippen LogP contribution is 2.39. The third kappa shape index (κ3) is 6.87. The van der Waals surface area contributed by atoms with E-state index >= 15 is 0 Å². The van der Waals surface area contributed by atoms with Gasteiger partial charge in [-0.15, -0.1) is 0 Å². The van der Waals surface area contributed by atoms with Gasteiger partial charge in [0.25, 0.3) is 11.1 Å². The first-order chi connectivity index (χ1) is 18.6. The van der Waals surface area contributed by atoms with Crippen LogP contribution in [0.2, 0.25) is 0 Å². The number of carboxylic acid groups (broad SMARTS) is 1. The third-order valence-corrected chi connectivity index (χ3v) is 7.11. The number of nitrogens with zero attached hydrogens (tertiary/aromatic N) is 1. The van der Waals surface area contributed by atoms with Crippen molar-refractivity contribution >= 4 is 62.5 Å². The van der Waals surface area contributed by atoms with Crippen molar-refractivity contribution in [3.05, 3.63) is 92.3 Å². The lowest BCUT2D eigenvalue weighted by Crippen LogP contribution is -2.36. The molecule has 1 heterocycles. The number of aromatic carboxylic acids is 1. The summed E-state index contributed by atoms with van der Waals surface area (Å²) < 4.78 is 11.9. The molecule has 1 aliphatic rings. The molecule has 0 atom stereocenters. The number of methoxy groups -OCH3 is 1. The number of benzene rings is 3. The zero-order chi connectivity index (χ0) is 28.1. The molecule has 3 aromatic carbocycles. The number of hydrogen-bond donors (Lipinski definition) is 2. The van der Waals surface area contributed by atoms with Gasteiger partial charge in [-0.1, -0.05) is 24.3 Å². The van der Waals surface area contributed by atoms with Crippen molar-refractivity contribution in [2.45, 2.75) is 13.5 Å². The number of hydrogen-bond acceptors (Lipinski definition) is 7. The van der Waals surface area contributed by atoms with E-state index in [1.807, 2.05) is 13.0 Å². The van der Waals surface area contributed by atoms with E-state index in [2.05, 4.69) is 21.2 Å². The van der Waals surface area contributed by atoms with Gasteiger partial charge in [0.15, 0.2) is 11.5 Å². The number of nitrogens with one attached hydrogen (secondary N) is 1. The maximum atomic E-state index is 12.9. The molecule has 0 aromatic heterocycles. The molecule has 3 aromatic rings. The molecule has 0 unspecified atom stereocenters. The number of ether oxygens (including phenoxy) is 2. The van der Waals surface area contributed by atoms with E-state index in [9.17, 15) is 19.2 Å². The summed E-state index contributed by atoms with van der Waals surface area (Å²) in [5.74, 6) is -1.25. The molecule has 0 bridgehead atoms. The number of carbonyl (C=O) groups is 4. The van der Waals surface area contributed by atoms with Gasteiger partial charge in [0.2, 0.25) is 5.91 Å². The smallest absolute Gasteiger partial charge is 0.335 e. The summed E-state index contributed by atoms with van der Waals surface area (Å²) in [6.07, 6.45) is 1.55. The van der Waals surface area contributed by atoms with Crippen LogP contribution in [0, 0.1) is 6.92 Å². The van der Waals surface area contributed by atoms with Crippen molar-refractivity contribution < 1.29 is 33.8 Å². The van der Waals surface area contributed by atoms with Gasteiger partial charge in [0, 0.05) is 5.69 Å². The van der Waals surface area contributed by atoms with Crippen molar-refractivity contribution in [1.82, 2.24) is 4.90 Å². The van der Waals surface area contributed by atoms with Gasteiger partial charge in [-0.2, -0.15) is 0 Å². The van der Waals surface area contributed by atoms with Crippen molar-refractivity contribution in [3.8, 4) is 11.5 Å². The van der Waals surface area contributed by atoms with Crippen LogP contribution in [-0.4, -0.2) is 46.7 Å². The Labute approximate surface area is 236 Å². The molecular weight excluding hydrogens is 588 g/mol. The normalized spacial score (nSPS) is 14.0. The van der Waals surface area contributed by atoms with Gasteiger partial charge >= 0.3 is 5.97 Å². The van der Waals surface area contributed by atoms with Crippen LogP contribution in [0.3, 0.4) is 0 Å². The van der Waals surface area contributed by atoms with Gasteiger partial charge in [-0.3, -0.25) is 19.3 Å². The standard InChI is InChI=1S/C28H23BrN2O7S/c1-16-4-3-5-20(10-16)30-24(32)14-31-26(33)23(39-28(31)36)13-18-11-21(29)25(22(12-18)37-2)38-15-17-6-8-19(9-7-17)27(34)35/h3-13H,14-15H2,1-2H3,(H,30,32)(H,34,35)/b23-13-. The first kappa shape index (κ1) is 27.9. The Morgan fingerprint density at radius 2 is 1.85 bits per heavy atom. The highest BCUT2D eigenvalue weighted by Gasteiger charge is 2.36. The topological polar surface area (TPSA) is 122 Å².